The first-order valence-electron chi connectivity index (χ1n) is 24.9. The second-order valence-electron chi connectivity index (χ2n) is 20.9. The lowest BCUT2D eigenvalue weighted by atomic mass is 9.77. The zero-order chi connectivity index (χ0) is 53.0. The fourth-order valence-electron chi connectivity index (χ4n) is 9.38. The minimum atomic E-state index is -0.509. The summed E-state index contributed by atoms with van der Waals surface area (Å²) in [5, 5.41) is 0. The SMILES string of the molecule is COc1ccc(C(C)(C)c2ccc(OC(=O)c3cc(C(C)(C)c4ccc(Oc5ccc(C(C)(C)c6ccc(OC)c(C(=O)Oc7ccc(C(C)(C)c8ccc(C)cc8)cc7)c6)cc5)cc4)ccc3OC)cc2)cc1. The Labute approximate surface area is 436 Å². The molecule has 0 aliphatic rings. The Morgan fingerprint density at radius 3 is 0.865 bits per heavy atom. The number of hydrogen-bond donors (Lipinski definition) is 0. The predicted octanol–water partition coefficient (Wildman–Crippen LogP) is 15.6. The molecule has 0 heterocycles. The summed E-state index contributed by atoms with van der Waals surface area (Å²) in [5.41, 5.74) is 8.84. The summed E-state index contributed by atoms with van der Waals surface area (Å²) in [6.45, 7) is 19.3. The zero-order valence-electron chi connectivity index (χ0n) is 44.6. The number of carbonyl (C=O) groups excluding carboxylic acids is 2. The van der Waals surface area contributed by atoms with Gasteiger partial charge in [0.15, 0.2) is 0 Å². The van der Waals surface area contributed by atoms with E-state index in [-0.39, 0.29) is 10.8 Å². The summed E-state index contributed by atoms with van der Waals surface area (Å²) in [5.74, 6) is 2.90. The van der Waals surface area contributed by atoms with Gasteiger partial charge in [0.25, 0.3) is 0 Å². The molecule has 0 bridgehead atoms. The van der Waals surface area contributed by atoms with E-state index in [4.69, 9.17) is 28.4 Å². The number of hydrogen-bond acceptors (Lipinski definition) is 8. The van der Waals surface area contributed by atoms with Crippen LogP contribution >= 0.6 is 0 Å². The fourth-order valence-corrected chi connectivity index (χ4v) is 9.38. The monoisotopic (exact) mass is 986 g/mol. The molecule has 0 radical (unpaired) electrons. The Morgan fingerprint density at radius 2 is 0.568 bits per heavy atom. The van der Waals surface area contributed by atoms with E-state index in [1.807, 2.05) is 146 Å². The maximum atomic E-state index is 13.8. The van der Waals surface area contributed by atoms with Crippen molar-refractivity contribution in [2.45, 2.75) is 84.0 Å². The first-order valence-corrected chi connectivity index (χ1v) is 24.9. The van der Waals surface area contributed by atoms with Crippen molar-refractivity contribution in [1.29, 1.82) is 0 Å². The summed E-state index contributed by atoms with van der Waals surface area (Å²) in [4.78, 5) is 27.5. The van der Waals surface area contributed by atoms with E-state index in [0.29, 0.717) is 45.6 Å². The Balaban J connectivity index is 0.912. The second kappa shape index (κ2) is 21.2. The lowest BCUT2D eigenvalue weighted by molar-refractivity contribution is 0.0721. The number of methoxy groups -OCH3 is 3. The molecular formula is C66H66O8. The van der Waals surface area contributed by atoms with Gasteiger partial charge in [-0.3, -0.25) is 0 Å². The van der Waals surface area contributed by atoms with Crippen molar-refractivity contribution in [3.05, 3.63) is 243 Å². The molecule has 8 aromatic carbocycles. The summed E-state index contributed by atoms with van der Waals surface area (Å²) >= 11 is 0. The van der Waals surface area contributed by atoms with Gasteiger partial charge in [-0.2, -0.15) is 0 Å². The third-order valence-corrected chi connectivity index (χ3v) is 14.8. The van der Waals surface area contributed by atoms with E-state index < -0.39 is 22.8 Å². The third-order valence-electron chi connectivity index (χ3n) is 14.8. The van der Waals surface area contributed by atoms with E-state index in [0.717, 1.165) is 44.7 Å². The highest BCUT2D eigenvalue weighted by Gasteiger charge is 2.30. The second-order valence-corrected chi connectivity index (χ2v) is 20.9. The van der Waals surface area contributed by atoms with Crippen LogP contribution in [0.15, 0.2) is 182 Å². The third kappa shape index (κ3) is 11.0. The molecule has 0 fully saturated rings. The van der Waals surface area contributed by atoms with Crippen molar-refractivity contribution in [1.82, 2.24) is 0 Å². The van der Waals surface area contributed by atoms with E-state index in [9.17, 15) is 9.59 Å². The van der Waals surface area contributed by atoms with Crippen LogP contribution in [0.5, 0.6) is 40.2 Å². The molecule has 0 saturated carbocycles. The van der Waals surface area contributed by atoms with Crippen molar-refractivity contribution < 1.29 is 38.0 Å². The van der Waals surface area contributed by atoms with E-state index in [1.54, 1.807) is 21.3 Å². The van der Waals surface area contributed by atoms with Gasteiger partial charge in [0.2, 0.25) is 0 Å². The van der Waals surface area contributed by atoms with Crippen molar-refractivity contribution in [3.63, 3.8) is 0 Å². The van der Waals surface area contributed by atoms with Gasteiger partial charge in [-0.05, 0) is 136 Å². The lowest BCUT2D eigenvalue weighted by Gasteiger charge is -2.27. The van der Waals surface area contributed by atoms with Crippen LogP contribution < -0.4 is 28.4 Å². The quantitative estimate of drug-likeness (QED) is 0.0658. The minimum absolute atomic E-state index is 0.227. The van der Waals surface area contributed by atoms with Gasteiger partial charge in [-0.1, -0.05) is 158 Å². The highest BCUT2D eigenvalue weighted by atomic mass is 16.5. The van der Waals surface area contributed by atoms with E-state index in [1.165, 1.54) is 11.1 Å². The van der Waals surface area contributed by atoms with Gasteiger partial charge in [-0.15, -0.1) is 0 Å². The lowest BCUT2D eigenvalue weighted by Crippen LogP contribution is -2.20. The molecule has 8 aromatic rings. The molecule has 0 spiro atoms. The molecule has 8 heteroatoms. The molecule has 0 saturated heterocycles. The molecule has 378 valence electrons. The van der Waals surface area contributed by atoms with E-state index in [2.05, 4.69) is 98.7 Å². The van der Waals surface area contributed by atoms with Crippen molar-refractivity contribution in [3.8, 4) is 40.2 Å². The maximum Gasteiger partial charge on any atom is 0.347 e. The van der Waals surface area contributed by atoms with Gasteiger partial charge < -0.3 is 28.4 Å². The standard InChI is InChI=1S/C66H66O8/c1-43-13-15-44(16-14-43)63(2,3)46-23-35-55(36-24-46)73-61(67)57-41-50(27-39-59(57)70-11)65(6,7)48-19-31-53(32-20-48)72-54-33-21-49(22-34-54)66(8,9)51-28-40-60(71-12)58(42-51)62(68)74-56-37-25-47(26-38-56)64(4,5)45-17-29-52(69-10)30-18-45/h13-42H,1-12H3. The van der Waals surface area contributed by atoms with Crippen LogP contribution in [0.2, 0.25) is 0 Å². The number of ether oxygens (including phenoxy) is 6. The van der Waals surface area contributed by atoms with Gasteiger partial charge in [0.05, 0.1) is 21.3 Å². The normalized spacial score (nSPS) is 11.9. The molecular weight excluding hydrogens is 921 g/mol. The minimum Gasteiger partial charge on any atom is -0.497 e. The number of aryl methyl sites for hydroxylation is 1. The molecule has 8 rings (SSSR count). The molecule has 8 nitrogen and oxygen atoms in total. The molecule has 0 aromatic heterocycles. The molecule has 0 N–H and O–H groups in total. The molecule has 0 aliphatic heterocycles. The summed E-state index contributed by atoms with van der Waals surface area (Å²) in [7, 11) is 4.76. The number of esters is 2. The first kappa shape index (κ1) is 52.2. The van der Waals surface area contributed by atoms with E-state index >= 15 is 0 Å². The average molecular weight is 987 g/mol. The van der Waals surface area contributed by atoms with Crippen molar-refractivity contribution in [2.75, 3.05) is 21.3 Å². The van der Waals surface area contributed by atoms with Gasteiger partial charge in [0, 0.05) is 21.7 Å². The zero-order valence-corrected chi connectivity index (χ0v) is 44.6. The van der Waals surface area contributed by atoms with Crippen LogP contribution in [0.25, 0.3) is 0 Å². The molecule has 0 unspecified atom stereocenters. The predicted molar refractivity (Wildman–Crippen MR) is 294 cm³/mol. The molecule has 74 heavy (non-hydrogen) atoms. The molecule has 0 atom stereocenters. The maximum absolute atomic E-state index is 13.8. The smallest absolute Gasteiger partial charge is 0.347 e. The fraction of sp³-hybridized carbons (Fsp3) is 0.242. The van der Waals surface area contributed by atoms with Gasteiger partial charge >= 0.3 is 11.9 Å². The molecule has 0 amide bonds. The van der Waals surface area contributed by atoms with Crippen molar-refractivity contribution in [2.24, 2.45) is 0 Å². The highest BCUT2D eigenvalue weighted by molar-refractivity contribution is 5.95. The van der Waals surface area contributed by atoms with Crippen LogP contribution in [-0.4, -0.2) is 33.3 Å². The van der Waals surface area contributed by atoms with Crippen LogP contribution in [0, 0.1) is 6.92 Å². The van der Waals surface area contributed by atoms with Crippen LogP contribution in [0.4, 0.5) is 0 Å². The summed E-state index contributed by atoms with van der Waals surface area (Å²) in [6.07, 6.45) is 0. The Morgan fingerprint density at radius 1 is 0.311 bits per heavy atom. The number of rotatable bonds is 17. The number of carbonyl (C=O) groups is 2. The topological polar surface area (TPSA) is 89.5 Å². The van der Waals surface area contributed by atoms with Crippen LogP contribution in [0.3, 0.4) is 0 Å². The summed E-state index contributed by atoms with van der Waals surface area (Å²) in [6, 6.07) is 59.2. The average Bonchev–Trinajstić information content (AvgIpc) is 3.41. The van der Waals surface area contributed by atoms with Crippen molar-refractivity contribution >= 4 is 11.9 Å². The van der Waals surface area contributed by atoms with Gasteiger partial charge in [0.1, 0.15) is 51.4 Å². The summed E-state index contributed by atoms with van der Waals surface area (Å²) < 4.78 is 34.8. The molecule has 0 aliphatic carbocycles. The van der Waals surface area contributed by atoms with Crippen LogP contribution in [0.1, 0.15) is 126 Å². The Hall–Kier alpha value is -8.10. The largest absolute Gasteiger partial charge is 0.497 e. The van der Waals surface area contributed by atoms with Crippen LogP contribution in [-0.2, 0) is 21.7 Å². The highest BCUT2D eigenvalue weighted by Crippen LogP contribution is 2.40. The number of benzene rings is 8. The van der Waals surface area contributed by atoms with Gasteiger partial charge in [-0.25, -0.2) is 9.59 Å². The Bertz CT molecular complexity index is 3240. The Kier molecular flexibility index (Phi) is 14.9. The first-order chi connectivity index (χ1) is 35.2.